The van der Waals surface area contributed by atoms with E-state index in [0.29, 0.717) is 32.9 Å². The fourth-order valence-corrected chi connectivity index (χ4v) is 2.70. The van der Waals surface area contributed by atoms with E-state index in [0.717, 1.165) is 5.69 Å². The molecule has 0 aliphatic rings. The number of nitrogens with zero attached hydrogens (tertiary/aromatic N) is 1. The van der Waals surface area contributed by atoms with Crippen molar-refractivity contribution in [1.29, 1.82) is 0 Å². The quantitative estimate of drug-likeness (QED) is 0.615. The maximum Gasteiger partial charge on any atom is 0.256 e. The molecule has 5 nitrogen and oxygen atoms in total. The van der Waals surface area contributed by atoms with E-state index in [1.54, 1.807) is 67.9 Å². The lowest BCUT2D eigenvalue weighted by atomic mass is 10.2. The van der Waals surface area contributed by atoms with Crippen LogP contribution in [0.3, 0.4) is 0 Å². The van der Waals surface area contributed by atoms with Gasteiger partial charge in [-0.15, -0.1) is 0 Å². The molecule has 0 spiro atoms. The van der Waals surface area contributed by atoms with Crippen LogP contribution in [-0.2, 0) is 0 Å². The number of aromatic nitrogens is 1. The molecular weight excluding hydrogens is 373 g/mol. The van der Waals surface area contributed by atoms with Gasteiger partial charge in [0, 0.05) is 10.6 Å². The summed E-state index contributed by atoms with van der Waals surface area (Å²) < 4.78 is 5.12. The second-order valence-electron chi connectivity index (χ2n) is 5.37. The second-order valence-corrected chi connectivity index (χ2v) is 6.21. The average Bonchev–Trinajstić information content (AvgIpc) is 2.65. The first-order valence-corrected chi connectivity index (χ1v) is 8.44. The number of pyridine rings is 1. The summed E-state index contributed by atoms with van der Waals surface area (Å²) in [4.78, 5) is 16.5. The number of methoxy groups -OCH3 is 1. The zero-order valence-electron chi connectivity index (χ0n) is 13.8. The van der Waals surface area contributed by atoms with E-state index in [-0.39, 0.29) is 5.91 Å². The number of nitrogens with one attached hydrogen (secondary N) is 2. The van der Waals surface area contributed by atoms with E-state index >= 15 is 0 Å². The fraction of sp³-hybridized carbons (Fsp3) is 0.0526. The number of carbonyl (C=O) groups excluding carboxylic acids is 1. The van der Waals surface area contributed by atoms with Crippen molar-refractivity contribution in [1.82, 2.24) is 4.98 Å². The van der Waals surface area contributed by atoms with Crippen LogP contribution in [0.2, 0.25) is 10.0 Å². The van der Waals surface area contributed by atoms with Crippen LogP contribution in [0.15, 0.2) is 60.8 Å². The van der Waals surface area contributed by atoms with Crippen molar-refractivity contribution in [3.05, 3.63) is 76.4 Å². The molecule has 1 heterocycles. The fourth-order valence-electron chi connectivity index (χ4n) is 2.24. The number of anilines is 3. The number of ether oxygens (including phenoxy) is 1. The van der Waals surface area contributed by atoms with Gasteiger partial charge in [0.05, 0.1) is 29.7 Å². The zero-order valence-corrected chi connectivity index (χ0v) is 15.3. The lowest BCUT2D eigenvalue weighted by molar-refractivity contribution is 0.102. The van der Waals surface area contributed by atoms with E-state index in [1.807, 2.05) is 0 Å². The Morgan fingerprint density at radius 3 is 2.62 bits per heavy atom. The normalized spacial score (nSPS) is 10.3. The van der Waals surface area contributed by atoms with Gasteiger partial charge in [0.15, 0.2) is 0 Å². The minimum absolute atomic E-state index is 0.266. The van der Waals surface area contributed by atoms with Gasteiger partial charge in [-0.3, -0.25) is 4.79 Å². The summed E-state index contributed by atoms with van der Waals surface area (Å²) >= 11 is 12.0. The molecule has 0 unspecified atom stereocenters. The summed E-state index contributed by atoms with van der Waals surface area (Å²) in [6.45, 7) is 0. The topological polar surface area (TPSA) is 63.2 Å². The van der Waals surface area contributed by atoms with Gasteiger partial charge >= 0.3 is 0 Å². The van der Waals surface area contributed by atoms with Crippen LogP contribution in [-0.4, -0.2) is 18.0 Å². The maximum absolute atomic E-state index is 12.3. The molecule has 0 bridgehead atoms. The van der Waals surface area contributed by atoms with Crippen molar-refractivity contribution >= 4 is 46.3 Å². The van der Waals surface area contributed by atoms with Crippen LogP contribution in [0.4, 0.5) is 17.2 Å². The smallest absolute Gasteiger partial charge is 0.256 e. The highest BCUT2D eigenvalue weighted by Gasteiger charge is 2.08. The third kappa shape index (κ3) is 4.45. The molecule has 2 N–H and O–H groups in total. The first-order valence-electron chi connectivity index (χ1n) is 7.69. The van der Waals surface area contributed by atoms with E-state index in [4.69, 9.17) is 27.9 Å². The Labute approximate surface area is 160 Å². The third-order valence-corrected chi connectivity index (χ3v) is 4.09. The molecule has 0 aliphatic heterocycles. The van der Waals surface area contributed by atoms with Gasteiger partial charge in [0.1, 0.15) is 11.6 Å². The molecule has 0 radical (unpaired) electrons. The Balaban J connectivity index is 1.68. The largest absolute Gasteiger partial charge is 0.497 e. The molecule has 3 rings (SSSR count). The van der Waals surface area contributed by atoms with Gasteiger partial charge in [-0.25, -0.2) is 4.98 Å². The first-order chi connectivity index (χ1) is 12.5. The summed E-state index contributed by atoms with van der Waals surface area (Å²) in [6.07, 6.45) is 1.60. The number of carbonyl (C=O) groups is 1. The number of amides is 1. The zero-order chi connectivity index (χ0) is 18.5. The van der Waals surface area contributed by atoms with Crippen molar-refractivity contribution in [2.45, 2.75) is 0 Å². The summed E-state index contributed by atoms with van der Waals surface area (Å²) in [5, 5.41) is 6.96. The minimum Gasteiger partial charge on any atom is -0.497 e. The average molecular weight is 388 g/mol. The maximum atomic E-state index is 12.3. The molecule has 26 heavy (non-hydrogen) atoms. The molecule has 3 aromatic rings. The predicted octanol–water partition coefficient (Wildman–Crippen LogP) is 5.39. The predicted molar refractivity (Wildman–Crippen MR) is 105 cm³/mol. The molecule has 0 saturated heterocycles. The Bertz CT molecular complexity index is 930. The number of hydrogen-bond donors (Lipinski definition) is 2. The van der Waals surface area contributed by atoms with Gasteiger partial charge in [0.25, 0.3) is 5.91 Å². The van der Waals surface area contributed by atoms with Gasteiger partial charge in [-0.1, -0.05) is 29.3 Å². The first kappa shape index (κ1) is 18.0. The molecule has 0 aliphatic carbocycles. The highest BCUT2D eigenvalue weighted by Crippen LogP contribution is 2.28. The minimum atomic E-state index is -0.266. The summed E-state index contributed by atoms with van der Waals surface area (Å²) in [6, 6.07) is 15.6. The van der Waals surface area contributed by atoms with E-state index in [9.17, 15) is 4.79 Å². The van der Waals surface area contributed by atoms with Crippen LogP contribution in [0.5, 0.6) is 5.75 Å². The Morgan fingerprint density at radius 1 is 1.08 bits per heavy atom. The molecule has 7 heteroatoms. The molecule has 0 atom stereocenters. The molecule has 0 saturated carbocycles. The number of rotatable bonds is 5. The Morgan fingerprint density at radius 2 is 1.92 bits per heavy atom. The van der Waals surface area contributed by atoms with E-state index in [2.05, 4.69) is 15.6 Å². The van der Waals surface area contributed by atoms with E-state index < -0.39 is 0 Å². The Hall–Kier alpha value is -2.76. The molecule has 1 amide bonds. The van der Waals surface area contributed by atoms with E-state index in [1.165, 1.54) is 0 Å². The number of benzene rings is 2. The van der Waals surface area contributed by atoms with Crippen LogP contribution in [0, 0.1) is 0 Å². The number of halogens is 2. The summed E-state index contributed by atoms with van der Waals surface area (Å²) in [5.41, 5.74) is 1.93. The van der Waals surface area contributed by atoms with Gasteiger partial charge in [0.2, 0.25) is 0 Å². The van der Waals surface area contributed by atoms with Crippen molar-refractivity contribution in [3.63, 3.8) is 0 Å². The summed E-state index contributed by atoms with van der Waals surface area (Å²) in [5.74, 6) is 0.786. The van der Waals surface area contributed by atoms with Crippen LogP contribution in [0.1, 0.15) is 10.4 Å². The summed E-state index contributed by atoms with van der Waals surface area (Å²) in [7, 11) is 1.55. The highest BCUT2D eigenvalue weighted by atomic mass is 35.5. The van der Waals surface area contributed by atoms with Gasteiger partial charge in [-0.2, -0.15) is 0 Å². The third-order valence-electron chi connectivity index (χ3n) is 3.55. The standard InChI is InChI=1S/C19H15Cl2N3O2/c1-26-15-4-2-3-12(9-15)19(25)24-18-8-6-14(11-22-18)23-17-7-5-13(20)10-16(17)21/h2-11,23H,1H3,(H,22,24,25). The van der Waals surface area contributed by atoms with Gasteiger partial charge < -0.3 is 15.4 Å². The van der Waals surface area contributed by atoms with Crippen LogP contribution < -0.4 is 15.4 Å². The Kier molecular flexibility index (Phi) is 5.61. The van der Waals surface area contributed by atoms with Crippen LogP contribution in [0.25, 0.3) is 0 Å². The molecule has 2 aromatic carbocycles. The molecule has 0 fully saturated rings. The lowest BCUT2D eigenvalue weighted by Crippen LogP contribution is -2.12. The second kappa shape index (κ2) is 8.08. The van der Waals surface area contributed by atoms with Crippen molar-refractivity contribution in [2.24, 2.45) is 0 Å². The van der Waals surface area contributed by atoms with Gasteiger partial charge in [-0.05, 0) is 48.5 Å². The monoisotopic (exact) mass is 387 g/mol. The van der Waals surface area contributed by atoms with Crippen molar-refractivity contribution in [3.8, 4) is 5.75 Å². The SMILES string of the molecule is COc1cccc(C(=O)Nc2ccc(Nc3ccc(Cl)cc3Cl)cn2)c1. The van der Waals surface area contributed by atoms with Crippen LogP contribution >= 0.6 is 23.2 Å². The lowest BCUT2D eigenvalue weighted by Gasteiger charge is -2.10. The molecular formula is C19H15Cl2N3O2. The molecule has 1 aromatic heterocycles. The van der Waals surface area contributed by atoms with Crippen molar-refractivity contribution in [2.75, 3.05) is 17.7 Å². The van der Waals surface area contributed by atoms with Crippen molar-refractivity contribution < 1.29 is 9.53 Å². The molecule has 132 valence electrons. The number of hydrogen-bond acceptors (Lipinski definition) is 4. The highest BCUT2D eigenvalue weighted by molar-refractivity contribution is 6.36.